The van der Waals surface area contributed by atoms with Gasteiger partial charge in [0, 0.05) is 4.47 Å². The zero-order valence-electron chi connectivity index (χ0n) is 10.1. The highest BCUT2D eigenvalue weighted by atomic mass is 79.9. The lowest BCUT2D eigenvalue weighted by Gasteiger charge is -2.24. The van der Waals surface area contributed by atoms with Gasteiger partial charge in [0.1, 0.15) is 6.54 Å². The first-order valence-corrected chi connectivity index (χ1v) is 6.69. The molecule has 0 atom stereocenters. The van der Waals surface area contributed by atoms with Crippen molar-refractivity contribution in [2.24, 2.45) is 0 Å². The lowest BCUT2D eigenvalue weighted by molar-refractivity contribution is -0.136. The van der Waals surface area contributed by atoms with Crippen molar-refractivity contribution in [2.45, 2.75) is 13.8 Å². The minimum absolute atomic E-state index is 0.0291. The Bertz CT molecular complexity index is 490. The van der Waals surface area contributed by atoms with Crippen LogP contribution in [-0.2, 0) is 9.59 Å². The van der Waals surface area contributed by atoms with E-state index in [2.05, 4.69) is 28.6 Å². The van der Waals surface area contributed by atoms with Crippen LogP contribution in [0.3, 0.4) is 0 Å². The van der Waals surface area contributed by atoms with E-state index in [9.17, 15) is 9.59 Å². The van der Waals surface area contributed by atoms with Crippen LogP contribution in [0.15, 0.2) is 16.6 Å². The number of hydrogen-bond donors (Lipinski definition) is 2. The molecular formula is C12H14BrNO3S. The van der Waals surface area contributed by atoms with Crippen LogP contribution >= 0.6 is 28.6 Å². The van der Waals surface area contributed by atoms with Crippen molar-refractivity contribution >= 4 is 46.1 Å². The minimum Gasteiger partial charge on any atom is -0.480 e. The van der Waals surface area contributed by atoms with Crippen molar-refractivity contribution in [1.29, 1.82) is 0 Å². The molecule has 1 rings (SSSR count). The van der Waals surface area contributed by atoms with Gasteiger partial charge in [-0.05, 0) is 31.0 Å². The molecule has 1 amide bonds. The molecule has 0 spiro atoms. The fourth-order valence-corrected chi connectivity index (χ4v) is 2.23. The van der Waals surface area contributed by atoms with Crippen molar-refractivity contribution in [3.8, 4) is 0 Å². The maximum absolute atomic E-state index is 11.8. The normalized spacial score (nSPS) is 10.2. The number of anilines is 1. The number of thiol groups is 1. The van der Waals surface area contributed by atoms with Gasteiger partial charge < -0.3 is 5.11 Å². The van der Waals surface area contributed by atoms with Gasteiger partial charge in [0.25, 0.3) is 0 Å². The Labute approximate surface area is 120 Å². The number of amides is 1. The summed E-state index contributed by atoms with van der Waals surface area (Å²) in [4.78, 5) is 24.0. The average molecular weight is 332 g/mol. The molecule has 6 heteroatoms. The molecule has 98 valence electrons. The first kappa shape index (κ1) is 15.0. The SMILES string of the molecule is Cc1ccc(Br)c(C)c1N(CC(=O)O)C(=O)CS. The summed E-state index contributed by atoms with van der Waals surface area (Å²) in [7, 11) is 0. The summed E-state index contributed by atoms with van der Waals surface area (Å²) in [6.45, 7) is 3.32. The summed E-state index contributed by atoms with van der Waals surface area (Å²) in [6.07, 6.45) is 0. The summed E-state index contributed by atoms with van der Waals surface area (Å²) in [5, 5.41) is 8.91. The summed E-state index contributed by atoms with van der Waals surface area (Å²) in [5.74, 6) is -1.41. The second-order valence-electron chi connectivity index (χ2n) is 3.87. The summed E-state index contributed by atoms with van der Waals surface area (Å²) < 4.78 is 0.838. The van der Waals surface area contributed by atoms with Crippen LogP contribution in [0.1, 0.15) is 11.1 Å². The van der Waals surface area contributed by atoms with Gasteiger partial charge in [0.15, 0.2) is 0 Å². The first-order valence-electron chi connectivity index (χ1n) is 5.27. The molecule has 0 unspecified atom stereocenters. The number of halogens is 1. The lowest BCUT2D eigenvalue weighted by atomic mass is 10.1. The smallest absolute Gasteiger partial charge is 0.323 e. The van der Waals surface area contributed by atoms with E-state index in [-0.39, 0.29) is 18.2 Å². The van der Waals surface area contributed by atoms with Gasteiger partial charge >= 0.3 is 5.97 Å². The van der Waals surface area contributed by atoms with E-state index in [1.165, 1.54) is 4.90 Å². The predicted octanol–water partition coefficient (Wildman–Crippen LogP) is 2.41. The third-order valence-corrected chi connectivity index (χ3v) is 3.70. The van der Waals surface area contributed by atoms with Gasteiger partial charge in [-0.1, -0.05) is 22.0 Å². The number of aliphatic carboxylic acids is 1. The lowest BCUT2D eigenvalue weighted by Crippen LogP contribution is -2.37. The van der Waals surface area contributed by atoms with Crippen LogP contribution in [-0.4, -0.2) is 29.3 Å². The third kappa shape index (κ3) is 3.26. The van der Waals surface area contributed by atoms with Crippen molar-refractivity contribution in [1.82, 2.24) is 0 Å². The molecule has 0 saturated heterocycles. The molecule has 0 aliphatic heterocycles. The predicted molar refractivity (Wildman–Crippen MR) is 77.5 cm³/mol. The van der Waals surface area contributed by atoms with Gasteiger partial charge in [-0.3, -0.25) is 14.5 Å². The van der Waals surface area contributed by atoms with E-state index in [4.69, 9.17) is 5.11 Å². The quantitative estimate of drug-likeness (QED) is 0.833. The summed E-state index contributed by atoms with van der Waals surface area (Å²) >= 11 is 7.31. The van der Waals surface area contributed by atoms with E-state index in [1.54, 1.807) is 0 Å². The molecule has 1 N–H and O–H groups in total. The molecular weight excluding hydrogens is 318 g/mol. The van der Waals surface area contributed by atoms with E-state index in [1.807, 2.05) is 26.0 Å². The van der Waals surface area contributed by atoms with Gasteiger partial charge in [0.2, 0.25) is 5.91 Å². The van der Waals surface area contributed by atoms with Crippen molar-refractivity contribution in [3.05, 3.63) is 27.7 Å². The Kier molecular flexibility index (Phi) is 5.22. The highest BCUT2D eigenvalue weighted by molar-refractivity contribution is 9.10. The molecule has 0 bridgehead atoms. The monoisotopic (exact) mass is 331 g/mol. The van der Waals surface area contributed by atoms with Crippen LogP contribution in [0, 0.1) is 13.8 Å². The first-order chi connectivity index (χ1) is 8.38. The second-order valence-corrected chi connectivity index (χ2v) is 5.04. The zero-order chi connectivity index (χ0) is 13.9. The highest BCUT2D eigenvalue weighted by Gasteiger charge is 2.21. The number of carboxylic acid groups (broad SMARTS) is 1. The van der Waals surface area contributed by atoms with E-state index >= 15 is 0 Å². The highest BCUT2D eigenvalue weighted by Crippen LogP contribution is 2.30. The van der Waals surface area contributed by atoms with Crippen LogP contribution in [0.25, 0.3) is 0 Å². The van der Waals surface area contributed by atoms with Crippen molar-refractivity contribution < 1.29 is 14.7 Å². The Balaban J connectivity index is 3.32. The summed E-state index contributed by atoms with van der Waals surface area (Å²) in [5.41, 5.74) is 2.32. The Morgan fingerprint density at radius 2 is 2.00 bits per heavy atom. The Morgan fingerprint density at radius 3 is 2.50 bits per heavy atom. The van der Waals surface area contributed by atoms with E-state index in [0.29, 0.717) is 5.69 Å². The molecule has 0 saturated carbocycles. The van der Waals surface area contributed by atoms with Gasteiger partial charge in [0.05, 0.1) is 11.4 Å². The number of benzene rings is 1. The number of nitrogens with zero attached hydrogens (tertiary/aromatic N) is 1. The number of carboxylic acids is 1. The maximum atomic E-state index is 11.8. The van der Waals surface area contributed by atoms with Crippen molar-refractivity contribution in [3.63, 3.8) is 0 Å². The van der Waals surface area contributed by atoms with Crippen LogP contribution in [0.4, 0.5) is 5.69 Å². The van der Waals surface area contributed by atoms with Gasteiger partial charge in [-0.15, -0.1) is 0 Å². The number of carbonyl (C=O) groups is 2. The standard InChI is InChI=1S/C12H14BrNO3S/c1-7-3-4-9(13)8(2)12(7)14(5-11(16)17)10(15)6-18/h3-4,18H,5-6H2,1-2H3,(H,16,17). The molecule has 1 aromatic carbocycles. The molecule has 18 heavy (non-hydrogen) atoms. The molecule has 4 nitrogen and oxygen atoms in total. The maximum Gasteiger partial charge on any atom is 0.323 e. The molecule has 0 heterocycles. The molecule has 0 aliphatic rings. The zero-order valence-corrected chi connectivity index (χ0v) is 12.6. The fourth-order valence-electron chi connectivity index (χ4n) is 1.74. The number of rotatable bonds is 4. The summed E-state index contributed by atoms with van der Waals surface area (Å²) in [6, 6.07) is 3.71. The van der Waals surface area contributed by atoms with Crippen LogP contribution < -0.4 is 4.90 Å². The van der Waals surface area contributed by atoms with E-state index in [0.717, 1.165) is 15.6 Å². The molecule has 0 fully saturated rings. The van der Waals surface area contributed by atoms with Crippen LogP contribution in [0.2, 0.25) is 0 Å². The van der Waals surface area contributed by atoms with Crippen molar-refractivity contribution in [2.75, 3.05) is 17.2 Å². The van der Waals surface area contributed by atoms with Crippen LogP contribution in [0.5, 0.6) is 0 Å². The van der Waals surface area contributed by atoms with Gasteiger partial charge in [-0.25, -0.2) is 0 Å². The van der Waals surface area contributed by atoms with E-state index < -0.39 is 5.97 Å². The topological polar surface area (TPSA) is 57.6 Å². The van der Waals surface area contributed by atoms with Gasteiger partial charge in [-0.2, -0.15) is 12.6 Å². The largest absolute Gasteiger partial charge is 0.480 e. The third-order valence-electron chi connectivity index (χ3n) is 2.57. The second kappa shape index (κ2) is 6.24. The molecule has 0 aromatic heterocycles. The average Bonchev–Trinajstić information content (AvgIpc) is 2.31. The minimum atomic E-state index is -1.05. The molecule has 0 radical (unpaired) electrons. The number of carbonyl (C=O) groups excluding carboxylic acids is 1. The number of aryl methyl sites for hydroxylation is 1. The Morgan fingerprint density at radius 1 is 1.39 bits per heavy atom. The molecule has 1 aromatic rings. The fraction of sp³-hybridized carbons (Fsp3) is 0.333. The number of hydrogen-bond acceptors (Lipinski definition) is 3. The Hall–Kier alpha value is -1.01. The molecule has 0 aliphatic carbocycles.